The summed E-state index contributed by atoms with van der Waals surface area (Å²) < 4.78 is 24.7. The summed E-state index contributed by atoms with van der Waals surface area (Å²) in [6.07, 6.45) is 18.0. The van der Waals surface area contributed by atoms with Crippen LogP contribution in [-0.4, -0.2) is 107 Å². The number of aromatic hydroxyl groups is 4. The van der Waals surface area contributed by atoms with Crippen molar-refractivity contribution in [3.63, 3.8) is 0 Å². The maximum Gasteiger partial charge on any atom is 0.320 e. The van der Waals surface area contributed by atoms with Gasteiger partial charge in [0.1, 0.15) is 23.0 Å². The lowest BCUT2D eigenvalue weighted by molar-refractivity contribution is 0.217. The summed E-state index contributed by atoms with van der Waals surface area (Å²) in [6.45, 7) is 19.8. The quantitative estimate of drug-likeness (QED) is 0.0210. The zero-order valence-corrected chi connectivity index (χ0v) is 85.4. The first-order chi connectivity index (χ1) is 72.6. The minimum Gasteiger partial charge on any atom is -0.507 e. The summed E-state index contributed by atoms with van der Waals surface area (Å²) in [5.74, 6) is 5.95. The Morgan fingerprint density at radius 2 is 0.459 bits per heavy atom. The number of hydrogen-bond donors (Lipinski definition) is 4. The van der Waals surface area contributed by atoms with Crippen LogP contribution in [0, 0.1) is 23.7 Å². The minimum atomic E-state index is 0.120. The van der Waals surface area contributed by atoms with Crippen molar-refractivity contribution in [3.05, 3.63) is 328 Å². The number of nitrogens with zero attached hydrogens (tertiary/aromatic N) is 12. The van der Waals surface area contributed by atoms with Gasteiger partial charge >= 0.3 is 24.0 Å². The zero-order chi connectivity index (χ0) is 102. The smallest absolute Gasteiger partial charge is 0.320 e. The predicted molar refractivity (Wildman–Crippen MR) is 602 cm³/mol. The molecular weight excluding hydrogens is 1830 g/mol. The molecule has 4 atom stereocenters. The van der Waals surface area contributed by atoms with Crippen LogP contribution in [0.25, 0.3) is 188 Å². The van der Waals surface area contributed by atoms with Crippen LogP contribution in [0.3, 0.4) is 0 Å². The molecule has 4 unspecified atom stereocenters. The molecule has 0 fully saturated rings. The van der Waals surface area contributed by atoms with Crippen molar-refractivity contribution in [1.29, 1.82) is 0 Å². The Bertz CT molecular complexity index is 8140. The van der Waals surface area contributed by atoms with Gasteiger partial charge in [0.05, 0.1) is 48.7 Å². The Labute approximate surface area is 864 Å². The molecule has 0 aliphatic carbocycles. The lowest BCUT2D eigenvalue weighted by atomic mass is 9.93. The molecule has 0 saturated carbocycles. The van der Waals surface area contributed by atoms with Gasteiger partial charge < -0.3 is 39.4 Å². The molecule has 4 aromatic heterocycles. The lowest BCUT2D eigenvalue weighted by Gasteiger charge is -2.16. The highest BCUT2D eigenvalue weighted by molar-refractivity contribution is 6.21. The Morgan fingerprint density at radius 3 is 0.851 bits per heavy atom. The van der Waals surface area contributed by atoms with Crippen LogP contribution in [0.1, 0.15) is 158 Å². The number of hydrogen-bond acceptors (Lipinski definition) is 20. The average molecular weight is 1960 g/mol. The molecule has 0 bridgehead atoms. The third-order valence-electron chi connectivity index (χ3n) is 28.0. The third-order valence-corrected chi connectivity index (χ3v) is 28.0. The monoisotopic (exact) mass is 1960 g/mol. The van der Waals surface area contributed by atoms with Crippen LogP contribution < -0.4 is 18.9 Å². The van der Waals surface area contributed by atoms with Gasteiger partial charge in [-0.1, -0.05) is 375 Å². The van der Waals surface area contributed by atoms with E-state index in [-0.39, 0.29) is 47.0 Å². The topological polar surface area (TPSA) is 273 Å². The van der Waals surface area contributed by atoms with Gasteiger partial charge in [0, 0.05) is 22.3 Å². The fraction of sp³-hybridized carbons (Fsp3) is 0.250. The fourth-order valence-corrected chi connectivity index (χ4v) is 19.3. The molecule has 17 aromatic carbocycles. The summed E-state index contributed by atoms with van der Waals surface area (Å²) in [4.78, 5) is 57.0. The normalized spacial score (nSPS) is 12.2. The summed E-state index contributed by atoms with van der Waals surface area (Å²) in [5.41, 5.74) is 5.82. The predicted octanol–water partition coefficient (Wildman–Crippen LogP) is 32.4. The number of ether oxygens (including phenoxy) is 4. The van der Waals surface area contributed by atoms with E-state index in [1.807, 2.05) is 91.0 Å². The second kappa shape index (κ2) is 48.9. The Hall–Kier alpha value is -16.5. The van der Waals surface area contributed by atoms with Crippen LogP contribution in [0.4, 0.5) is 0 Å². The number of para-hydroxylation sites is 4. The van der Waals surface area contributed by atoms with Gasteiger partial charge in [-0.25, -0.2) is 19.9 Å². The Balaban J connectivity index is 0.000000129. The van der Waals surface area contributed by atoms with E-state index < -0.39 is 0 Å². The first-order valence-corrected chi connectivity index (χ1v) is 52.4. The van der Waals surface area contributed by atoms with Gasteiger partial charge in [-0.05, 0) is 231 Å². The molecule has 4 heterocycles. The van der Waals surface area contributed by atoms with Crippen LogP contribution in [0.5, 0.6) is 47.0 Å². The molecule has 0 spiro atoms. The summed E-state index contributed by atoms with van der Waals surface area (Å²) >= 11 is 0. The van der Waals surface area contributed by atoms with E-state index in [0.717, 1.165) is 151 Å². The first-order valence-electron chi connectivity index (χ1n) is 52.4. The molecule has 0 aliphatic rings. The SMILES string of the molecule is CCCCC(CC)COc1nc(-c2ccc3cc4ccccc4cc3c2)nc(-c2ccccc2O)n1.CCCCC(CC)COc1nc(-c2ccccc2O)nc(-c2c3ccccc3cc3ccccc23)n1.CCCCC(CC)COc1nc(-c2ccccc2O)nc(-c2cc3c4ccccc4ccc3c3ccccc23)n1.CCCCC(CC)COc1nc(-c2ccccc2O)nc(-c2cc3ccccc3c3ccccc23)n1. The number of unbranched alkanes of at least 4 members (excludes halogenated alkanes) is 4. The number of fused-ring (bicyclic) bond motifs is 12. The van der Waals surface area contributed by atoms with E-state index in [1.54, 1.807) is 54.6 Å². The van der Waals surface area contributed by atoms with Gasteiger partial charge in [-0.3, -0.25) is 0 Å². The van der Waals surface area contributed by atoms with Gasteiger partial charge in [0.25, 0.3) is 0 Å². The lowest BCUT2D eigenvalue weighted by Crippen LogP contribution is -2.13. The minimum absolute atomic E-state index is 0.120. The first kappa shape index (κ1) is 102. The molecular formula is C128H126N12O8. The molecule has 21 aromatic rings. The molecule has 20 heteroatoms. The molecule has 0 amide bonds. The van der Waals surface area contributed by atoms with E-state index in [0.29, 0.717) is 119 Å². The summed E-state index contributed by atoms with van der Waals surface area (Å²) in [5, 5.41) is 62.7. The molecule has 0 saturated heterocycles. The van der Waals surface area contributed by atoms with Crippen molar-refractivity contribution in [3.8, 4) is 138 Å². The molecule has 0 aliphatic heterocycles. The Morgan fingerprint density at radius 1 is 0.196 bits per heavy atom. The van der Waals surface area contributed by atoms with Crippen molar-refractivity contribution >= 4 is 97.0 Å². The molecule has 148 heavy (non-hydrogen) atoms. The van der Waals surface area contributed by atoms with Gasteiger partial charge in [-0.2, -0.15) is 39.9 Å². The van der Waals surface area contributed by atoms with Crippen LogP contribution in [-0.2, 0) is 0 Å². The van der Waals surface area contributed by atoms with Gasteiger partial charge in [-0.15, -0.1) is 0 Å². The van der Waals surface area contributed by atoms with Gasteiger partial charge in [0.2, 0.25) is 0 Å². The summed E-state index contributed by atoms with van der Waals surface area (Å²) in [7, 11) is 0. The number of aromatic nitrogens is 12. The average Bonchev–Trinajstić information content (AvgIpc) is 0.747. The standard InChI is InChI=1S/C35H33N3O2.3C31H31N3O2/c1-3-5-12-23(4-2)22-40-35-37-33(29-17-10-11-18-32(29)39)36-34(38-35)31-21-30-25-14-7-6-13-24(25)19-20-28(30)26-15-8-9-16-27(26)31;1-3-5-12-21(4-2)20-36-31-33-29(26-17-10-11-18-27(26)35)32-30(34-31)28-24-15-8-6-13-22(24)19-23-14-7-9-16-25(23)28;1-3-5-12-21(4-2)20-36-31-33-29(26-17-10-11-18-28(26)35)32-30(34-31)27-19-22-13-6-7-14-23(22)24-15-8-9-16-25(24)27;1-3-5-10-21(4-2)20-36-31-33-29(32-30(34-31)27-13-8-9-14-28(27)35)25-16-15-24-17-22-11-6-7-12-23(22)18-26(24)19-25/h6-11,13-21,23,39H,3-5,12,22H2,1-2H3;2*6-11,13-19,21,35H,3-5,12,20H2,1-2H3;6-9,11-19,21,35H,3-5,10,20H2,1-2H3. The van der Waals surface area contributed by atoms with E-state index in [2.05, 4.69) is 262 Å². The Kier molecular flexibility index (Phi) is 33.6. The maximum atomic E-state index is 10.7. The largest absolute Gasteiger partial charge is 0.507 e. The van der Waals surface area contributed by atoms with Crippen molar-refractivity contribution in [2.24, 2.45) is 23.7 Å². The molecule has 4 N–H and O–H groups in total. The number of phenolic OH excluding ortho intramolecular Hbond substituents is 4. The molecule has 0 radical (unpaired) electrons. The van der Waals surface area contributed by atoms with Crippen LogP contribution in [0.2, 0.25) is 0 Å². The van der Waals surface area contributed by atoms with E-state index in [1.165, 1.54) is 70.8 Å². The van der Waals surface area contributed by atoms with Crippen molar-refractivity contribution in [1.82, 2.24) is 59.8 Å². The van der Waals surface area contributed by atoms with Crippen LogP contribution in [0.15, 0.2) is 328 Å². The number of benzene rings is 17. The van der Waals surface area contributed by atoms with Crippen molar-refractivity contribution < 1.29 is 39.4 Å². The third kappa shape index (κ3) is 24.0. The highest BCUT2D eigenvalue weighted by Gasteiger charge is 2.26. The van der Waals surface area contributed by atoms with Crippen molar-refractivity contribution in [2.75, 3.05) is 26.4 Å². The number of rotatable bonds is 36. The highest BCUT2D eigenvalue weighted by atomic mass is 16.5. The molecule has 21 rings (SSSR count). The van der Waals surface area contributed by atoms with E-state index in [9.17, 15) is 20.4 Å². The summed E-state index contributed by atoms with van der Waals surface area (Å²) in [6, 6.07) is 109. The van der Waals surface area contributed by atoms with Gasteiger partial charge in [0.15, 0.2) is 46.6 Å². The molecule has 746 valence electrons. The fourth-order valence-electron chi connectivity index (χ4n) is 19.3. The van der Waals surface area contributed by atoms with Crippen molar-refractivity contribution in [2.45, 2.75) is 158 Å². The second-order valence-electron chi connectivity index (χ2n) is 38.0. The number of phenols is 4. The van der Waals surface area contributed by atoms with Crippen LogP contribution >= 0.6 is 0 Å². The molecule has 20 nitrogen and oxygen atoms in total. The maximum absolute atomic E-state index is 10.7. The van der Waals surface area contributed by atoms with E-state index in [4.69, 9.17) is 53.8 Å². The highest BCUT2D eigenvalue weighted by Crippen LogP contribution is 2.44. The second-order valence-corrected chi connectivity index (χ2v) is 38.0. The zero-order valence-electron chi connectivity index (χ0n) is 85.4. The van der Waals surface area contributed by atoms with E-state index >= 15 is 0 Å².